The third kappa shape index (κ3) is 6.02. The summed E-state index contributed by atoms with van der Waals surface area (Å²) in [7, 11) is 2.02. The Kier molecular flexibility index (Phi) is 7.34. The smallest absolute Gasteiger partial charge is 0.319 e. The van der Waals surface area contributed by atoms with E-state index in [2.05, 4.69) is 20.9 Å². The Morgan fingerprint density at radius 1 is 1.03 bits per heavy atom. The quantitative estimate of drug-likeness (QED) is 0.450. The Bertz CT molecular complexity index is 977. The predicted molar refractivity (Wildman–Crippen MR) is 119 cm³/mol. The lowest BCUT2D eigenvalue weighted by Gasteiger charge is -2.19. The third-order valence-electron chi connectivity index (χ3n) is 4.37. The van der Waals surface area contributed by atoms with E-state index in [9.17, 15) is 9.59 Å². The molecule has 30 heavy (non-hydrogen) atoms. The first-order valence-corrected chi connectivity index (χ1v) is 9.86. The van der Waals surface area contributed by atoms with Gasteiger partial charge in [-0.15, -0.1) is 0 Å². The number of nitrogens with zero attached hydrogens (tertiary/aromatic N) is 1. The van der Waals surface area contributed by atoms with Crippen LogP contribution < -0.4 is 20.9 Å². The lowest BCUT2D eigenvalue weighted by Crippen LogP contribution is -2.31. The first-order chi connectivity index (χ1) is 14.5. The van der Waals surface area contributed by atoms with Gasteiger partial charge in [0.05, 0.1) is 17.0 Å². The second-order valence-corrected chi connectivity index (χ2v) is 7.02. The summed E-state index contributed by atoms with van der Waals surface area (Å²) in [5.41, 5.74) is 2.08. The molecule has 3 amide bonds. The Morgan fingerprint density at radius 3 is 2.53 bits per heavy atom. The van der Waals surface area contributed by atoms with Gasteiger partial charge in [0, 0.05) is 31.5 Å². The number of urea groups is 1. The van der Waals surface area contributed by atoms with Crippen molar-refractivity contribution in [3.05, 3.63) is 77.7 Å². The zero-order valence-electron chi connectivity index (χ0n) is 16.5. The van der Waals surface area contributed by atoms with E-state index in [4.69, 9.17) is 16.0 Å². The highest BCUT2D eigenvalue weighted by Gasteiger charge is 2.12. The molecule has 156 valence electrons. The van der Waals surface area contributed by atoms with Gasteiger partial charge >= 0.3 is 6.03 Å². The Labute approximate surface area is 180 Å². The van der Waals surface area contributed by atoms with E-state index >= 15 is 0 Å². The number of benzene rings is 2. The number of carbonyl (C=O) groups is 2. The molecule has 1 heterocycles. The summed E-state index contributed by atoms with van der Waals surface area (Å²) in [6.07, 6.45) is 2.22. The van der Waals surface area contributed by atoms with E-state index in [1.165, 1.54) is 6.26 Å². The molecule has 0 aliphatic heterocycles. The Morgan fingerprint density at radius 2 is 1.83 bits per heavy atom. The van der Waals surface area contributed by atoms with Gasteiger partial charge in [0.15, 0.2) is 5.76 Å². The number of halogens is 1. The fraction of sp³-hybridized carbons (Fsp3) is 0.182. The molecule has 0 saturated heterocycles. The second-order valence-electron chi connectivity index (χ2n) is 6.62. The van der Waals surface area contributed by atoms with Crippen LogP contribution >= 0.6 is 11.6 Å². The van der Waals surface area contributed by atoms with Gasteiger partial charge in [0.2, 0.25) is 0 Å². The number of hydrogen-bond donors (Lipinski definition) is 3. The fourth-order valence-corrected chi connectivity index (χ4v) is 3.02. The molecule has 3 rings (SSSR count). The minimum Gasteiger partial charge on any atom is -0.459 e. The van der Waals surface area contributed by atoms with Crippen molar-refractivity contribution in [1.29, 1.82) is 0 Å². The molecule has 0 aliphatic rings. The van der Waals surface area contributed by atoms with Gasteiger partial charge in [-0.25, -0.2) is 4.79 Å². The topological polar surface area (TPSA) is 86.6 Å². The molecule has 3 aromatic rings. The van der Waals surface area contributed by atoms with Gasteiger partial charge in [-0.3, -0.25) is 4.79 Å². The summed E-state index contributed by atoms with van der Waals surface area (Å²) >= 11 is 6.22. The van der Waals surface area contributed by atoms with Crippen molar-refractivity contribution in [2.75, 3.05) is 35.7 Å². The molecule has 2 aromatic carbocycles. The monoisotopic (exact) mass is 426 g/mol. The number of amides is 3. The van der Waals surface area contributed by atoms with Crippen LogP contribution in [0.3, 0.4) is 0 Å². The van der Waals surface area contributed by atoms with Gasteiger partial charge in [0.1, 0.15) is 0 Å². The van der Waals surface area contributed by atoms with E-state index in [0.29, 0.717) is 22.9 Å². The van der Waals surface area contributed by atoms with Crippen molar-refractivity contribution >= 4 is 40.6 Å². The zero-order chi connectivity index (χ0) is 21.3. The van der Waals surface area contributed by atoms with E-state index in [1.807, 2.05) is 37.4 Å². The summed E-state index contributed by atoms with van der Waals surface area (Å²) in [5.74, 6) is -0.216. The first kappa shape index (κ1) is 21.3. The molecule has 3 N–H and O–H groups in total. The van der Waals surface area contributed by atoms with E-state index in [1.54, 1.807) is 30.3 Å². The summed E-state index contributed by atoms with van der Waals surface area (Å²) in [6, 6.07) is 17.8. The summed E-state index contributed by atoms with van der Waals surface area (Å²) < 4.78 is 5.05. The van der Waals surface area contributed by atoms with Crippen LogP contribution in [0.1, 0.15) is 17.0 Å². The number of carbonyl (C=O) groups excluding carboxylic acids is 2. The lowest BCUT2D eigenvalue weighted by molar-refractivity contribution is 0.0996. The van der Waals surface area contributed by atoms with Crippen LogP contribution in [0.2, 0.25) is 5.02 Å². The normalized spacial score (nSPS) is 10.3. The van der Waals surface area contributed by atoms with Crippen molar-refractivity contribution in [3.8, 4) is 0 Å². The van der Waals surface area contributed by atoms with Crippen LogP contribution in [0.4, 0.5) is 21.9 Å². The number of hydrogen-bond acceptors (Lipinski definition) is 4. The molecule has 0 radical (unpaired) electrons. The summed E-state index contributed by atoms with van der Waals surface area (Å²) in [5, 5.41) is 8.52. The standard InChI is InChI=1S/C22H23ClN4O3/c1-27(17-7-3-2-4-8-17)13-6-12-24-22(29)25-16-10-11-19(18(23)15-16)26-21(28)20-9-5-14-30-20/h2-5,7-11,14-15H,6,12-13H2,1H3,(H,26,28)(H2,24,25,29). The highest BCUT2D eigenvalue weighted by Crippen LogP contribution is 2.26. The van der Waals surface area contributed by atoms with Crippen molar-refractivity contribution < 1.29 is 14.0 Å². The average Bonchev–Trinajstić information content (AvgIpc) is 3.29. The maximum Gasteiger partial charge on any atom is 0.319 e. The van der Waals surface area contributed by atoms with Crippen molar-refractivity contribution in [3.63, 3.8) is 0 Å². The van der Waals surface area contributed by atoms with Crippen LogP contribution in [0, 0.1) is 0 Å². The second kappa shape index (κ2) is 10.4. The average molecular weight is 427 g/mol. The molecule has 0 bridgehead atoms. The molecule has 0 fully saturated rings. The van der Waals surface area contributed by atoms with Crippen LogP contribution in [0.25, 0.3) is 0 Å². The van der Waals surface area contributed by atoms with Crippen LogP contribution in [0.5, 0.6) is 0 Å². The van der Waals surface area contributed by atoms with Gasteiger partial charge in [-0.2, -0.15) is 0 Å². The number of anilines is 3. The largest absolute Gasteiger partial charge is 0.459 e. The van der Waals surface area contributed by atoms with Gasteiger partial charge < -0.3 is 25.3 Å². The van der Waals surface area contributed by atoms with Gasteiger partial charge in [-0.05, 0) is 48.9 Å². The van der Waals surface area contributed by atoms with Crippen LogP contribution in [-0.4, -0.2) is 32.1 Å². The molecule has 0 unspecified atom stereocenters. The number of para-hydroxylation sites is 1. The highest BCUT2D eigenvalue weighted by molar-refractivity contribution is 6.34. The van der Waals surface area contributed by atoms with Crippen molar-refractivity contribution in [2.24, 2.45) is 0 Å². The first-order valence-electron chi connectivity index (χ1n) is 9.48. The predicted octanol–water partition coefficient (Wildman–Crippen LogP) is 4.83. The molecule has 7 nitrogen and oxygen atoms in total. The molecule has 0 spiro atoms. The van der Waals surface area contributed by atoms with Gasteiger partial charge in [0.25, 0.3) is 5.91 Å². The molecule has 0 atom stereocenters. The number of nitrogens with one attached hydrogen (secondary N) is 3. The molecule has 0 aliphatic carbocycles. The Balaban J connectivity index is 1.42. The van der Waals surface area contributed by atoms with E-state index in [0.717, 1.165) is 18.7 Å². The molecule has 1 aromatic heterocycles. The maximum absolute atomic E-state index is 12.1. The van der Waals surface area contributed by atoms with E-state index in [-0.39, 0.29) is 11.8 Å². The maximum atomic E-state index is 12.1. The highest BCUT2D eigenvalue weighted by atomic mass is 35.5. The number of rotatable bonds is 8. The summed E-state index contributed by atoms with van der Waals surface area (Å²) in [6.45, 7) is 1.36. The molecule has 8 heteroatoms. The van der Waals surface area contributed by atoms with Crippen LogP contribution in [0.15, 0.2) is 71.3 Å². The molecular weight excluding hydrogens is 404 g/mol. The third-order valence-corrected chi connectivity index (χ3v) is 4.69. The molecular formula is C22H23ClN4O3. The number of furan rings is 1. The fourth-order valence-electron chi connectivity index (χ4n) is 2.79. The minimum atomic E-state index is -0.402. The van der Waals surface area contributed by atoms with Crippen molar-refractivity contribution in [1.82, 2.24) is 5.32 Å². The molecule has 0 saturated carbocycles. The van der Waals surface area contributed by atoms with Crippen molar-refractivity contribution in [2.45, 2.75) is 6.42 Å². The van der Waals surface area contributed by atoms with E-state index < -0.39 is 5.91 Å². The van der Waals surface area contributed by atoms with Gasteiger partial charge in [-0.1, -0.05) is 29.8 Å². The summed E-state index contributed by atoms with van der Waals surface area (Å²) in [4.78, 5) is 26.3. The SMILES string of the molecule is CN(CCCNC(=O)Nc1ccc(NC(=O)c2ccco2)c(Cl)c1)c1ccccc1. The Hall–Kier alpha value is -3.45. The lowest BCUT2D eigenvalue weighted by atomic mass is 10.2. The van der Waals surface area contributed by atoms with Crippen LogP contribution in [-0.2, 0) is 0 Å². The minimum absolute atomic E-state index is 0.186. The zero-order valence-corrected chi connectivity index (χ0v) is 17.3.